The molecule has 4 heteroatoms. The van der Waals surface area contributed by atoms with Gasteiger partial charge in [-0.3, -0.25) is 0 Å². The Labute approximate surface area is 102 Å². The number of fused-ring (bicyclic) bond motifs is 1. The van der Waals surface area contributed by atoms with E-state index in [9.17, 15) is 8.78 Å². The number of nitrogens with zero attached hydrogens (tertiary/aromatic N) is 1. The molecule has 2 aromatic carbocycles. The third-order valence-electron chi connectivity index (χ3n) is 2.71. The zero-order chi connectivity index (χ0) is 12.7. The summed E-state index contributed by atoms with van der Waals surface area (Å²) in [6.45, 7) is 1.96. The minimum atomic E-state index is -0.740. The highest BCUT2D eigenvalue weighted by Gasteiger charge is 2.13. The van der Waals surface area contributed by atoms with Crippen LogP contribution in [0.25, 0.3) is 22.6 Å². The second-order valence-corrected chi connectivity index (χ2v) is 4.12. The summed E-state index contributed by atoms with van der Waals surface area (Å²) < 4.78 is 31.8. The molecule has 0 aliphatic carbocycles. The molecule has 90 valence electrons. The van der Waals surface area contributed by atoms with Gasteiger partial charge in [0.05, 0.1) is 0 Å². The Morgan fingerprint density at radius 2 is 1.78 bits per heavy atom. The van der Waals surface area contributed by atoms with Crippen LogP contribution in [-0.4, -0.2) is 4.98 Å². The molecule has 0 radical (unpaired) electrons. The van der Waals surface area contributed by atoms with Crippen LogP contribution in [0.4, 0.5) is 8.78 Å². The summed E-state index contributed by atoms with van der Waals surface area (Å²) in [7, 11) is 0. The van der Waals surface area contributed by atoms with Gasteiger partial charge in [0, 0.05) is 17.7 Å². The van der Waals surface area contributed by atoms with Crippen LogP contribution in [0, 0.1) is 18.6 Å². The number of aryl methyl sites for hydroxylation is 1. The highest BCUT2D eigenvalue weighted by atomic mass is 19.1. The van der Waals surface area contributed by atoms with E-state index in [-0.39, 0.29) is 17.0 Å². The number of rotatable bonds is 1. The van der Waals surface area contributed by atoms with Crippen molar-refractivity contribution in [1.82, 2.24) is 4.98 Å². The quantitative estimate of drug-likeness (QED) is 0.645. The maximum Gasteiger partial charge on any atom is 0.227 e. The highest BCUT2D eigenvalue weighted by Crippen LogP contribution is 2.26. The van der Waals surface area contributed by atoms with Crippen molar-refractivity contribution in [3.05, 3.63) is 53.6 Å². The topological polar surface area (TPSA) is 26.0 Å². The van der Waals surface area contributed by atoms with Gasteiger partial charge < -0.3 is 4.42 Å². The summed E-state index contributed by atoms with van der Waals surface area (Å²) in [5, 5.41) is 0. The molecule has 0 saturated carbocycles. The van der Waals surface area contributed by atoms with E-state index in [2.05, 4.69) is 4.98 Å². The van der Waals surface area contributed by atoms with Gasteiger partial charge in [-0.15, -0.1) is 0 Å². The van der Waals surface area contributed by atoms with Crippen molar-refractivity contribution >= 4 is 11.1 Å². The summed E-state index contributed by atoms with van der Waals surface area (Å²) in [4.78, 5) is 4.09. The van der Waals surface area contributed by atoms with Crippen LogP contribution in [0.15, 0.2) is 40.8 Å². The monoisotopic (exact) mass is 245 g/mol. The van der Waals surface area contributed by atoms with Gasteiger partial charge in [0.1, 0.15) is 11.3 Å². The van der Waals surface area contributed by atoms with Gasteiger partial charge in [0.25, 0.3) is 0 Å². The summed E-state index contributed by atoms with van der Waals surface area (Å²) in [5.74, 6) is -1.12. The first-order chi connectivity index (χ1) is 8.63. The molecule has 0 bridgehead atoms. The Morgan fingerprint density at radius 1 is 1.06 bits per heavy atom. The Bertz CT molecular complexity index is 716. The van der Waals surface area contributed by atoms with Crippen LogP contribution < -0.4 is 0 Å². The van der Waals surface area contributed by atoms with Crippen LogP contribution in [0.5, 0.6) is 0 Å². The molecule has 0 amide bonds. The van der Waals surface area contributed by atoms with E-state index in [1.54, 1.807) is 0 Å². The first kappa shape index (κ1) is 10.9. The van der Waals surface area contributed by atoms with E-state index < -0.39 is 11.6 Å². The third-order valence-corrected chi connectivity index (χ3v) is 2.71. The van der Waals surface area contributed by atoms with Gasteiger partial charge in [0.2, 0.25) is 5.89 Å². The molecule has 3 aromatic rings. The van der Waals surface area contributed by atoms with Crippen molar-refractivity contribution in [2.45, 2.75) is 6.92 Å². The fraction of sp³-hybridized carbons (Fsp3) is 0.0714. The van der Waals surface area contributed by atoms with Gasteiger partial charge in [-0.05, 0) is 19.1 Å². The van der Waals surface area contributed by atoms with E-state index in [0.29, 0.717) is 0 Å². The summed E-state index contributed by atoms with van der Waals surface area (Å²) in [6, 6.07) is 9.40. The molecule has 0 spiro atoms. The number of hydrogen-bond acceptors (Lipinski definition) is 2. The molecule has 0 N–H and O–H groups in total. The SMILES string of the molecule is Cc1ccc(-c2nc3cc(F)cc(F)c3o2)cc1. The molecule has 1 aromatic heterocycles. The molecular weight excluding hydrogens is 236 g/mol. The van der Waals surface area contributed by atoms with Gasteiger partial charge >= 0.3 is 0 Å². The Morgan fingerprint density at radius 3 is 2.50 bits per heavy atom. The normalized spacial score (nSPS) is 11.1. The fourth-order valence-electron chi connectivity index (χ4n) is 1.78. The standard InChI is InChI=1S/C14H9F2NO/c1-8-2-4-9(5-3-8)14-17-12-7-10(15)6-11(16)13(12)18-14/h2-7H,1H3. The molecule has 2 nitrogen and oxygen atoms in total. The fourth-order valence-corrected chi connectivity index (χ4v) is 1.78. The number of aromatic nitrogens is 1. The molecular formula is C14H9F2NO. The van der Waals surface area contributed by atoms with E-state index in [1.807, 2.05) is 31.2 Å². The predicted molar refractivity (Wildman–Crippen MR) is 64.1 cm³/mol. The number of oxazole rings is 1. The average molecular weight is 245 g/mol. The minimum Gasteiger partial charge on any atom is -0.433 e. The van der Waals surface area contributed by atoms with Crippen LogP contribution >= 0.6 is 0 Å². The van der Waals surface area contributed by atoms with Crippen molar-refractivity contribution < 1.29 is 13.2 Å². The number of hydrogen-bond donors (Lipinski definition) is 0. The van der Waals surface area contributed by atoms with Crippen molar-refractivity contribution in [2.75, 3.05) is 0 Å². The second kappa shape index (κ2) is 3.91. The van der Waals surface area contributed by atoms with E-state index in [1.165, 1.54) is 0 Å². The highest BCUT2D eigenvalue weighted by molar-refractivity contribution is 5.76. The third kappa shape index (κ3) is 1.76. The summed E-state index contributed by atoms with van der Waals surface area (Å²) >= 11 is 0. The minimum absolute atomic E-state index is 0.0213. The van der Waals surface area contributed by atoms with E-state index in [0.717, 1.165) is 23.3 Å². The first-order valence-corrected chi connectivity index (χ1v) is 5.46. The lowest BCUT2D eigenvalue weighted by Gasteiger charge is -1.95. The maximum atomic E-state index is 13.5. The average Bonchev–Trinajstić information content (AvgIpc) is 2.74. The zero-order valence-electron chi connectivity index (χ0n) is 9.58. The smallest absolute Gasteiger partial charge is 0.227 e. The van der Waals surface area contributed by atoms with Crippen molar-refractivity contribution in [3.8, 4) is 11.5 Å². The van der Waals surface area contributed by atoms with Crippen molar-refractivity contribution in [1.29, 1.82) is 0 Å². The predicted octanol–water partition coefficient (Wildman–Crippen LogP) is 4.08. The van der Waals surface area contributed by atoms with Crippen molar-refractivity contribution in [3.63, 3.8) is 0 Å². The summed E-state index contributed by atoms with van der Waals surface area (Å²) in [5.41, 5.74) is 2.00. The Balaban J connectivity index is 2.19. The Hall–Kier alpha value is -2.23. The lowest BCUT2D eigenvalue weighted by atomic mass is 10.1. The molecule has 0 aliphatic heterocycles. The van der Waals surface area contributed by atoms with E-state index in [4.69, 9.17) is 4.42 Å². The molecule has 0 aliphatic rings. The summed E-state index contributed by atoms with van der Waals surface area (Å²) in [6.07, 6.45) is 0. The number of benzene rings is 2. The molecule has 3 rings (SSSR count). The van der Waals surface area contributed by atoms with Crippen LogP contribution in [0.2, 0.25) is 0 Å². The van der Waals surface area contributed by atoms with E-state index >= 15 is 0 Å². The van der Waals surface area contributed by atoms with Crippen molar-refractivity contribution in [2.24, 2.45) is 0 Å². The van der Waals surface area contributed by atoms with Crippen LogP contribution in [0.3, 0.4) is 0 Å². The Kier molecular flexibility index (Phi) is 2.37. The molecule has 18 heavy (non-hydrogen) atoms. The zero-order valence-corrected chi connectivity index (χ0v) is 9.58. The lowest BCUT2D eigenvalue weighted by Crippen LogP contribution is -1.79. The molecule has 0 fully saturated rings. The molecule has 0 unspecified atom stereocenters. The van der Waals surface area contributed by atoms with Crippen LogP contribution in [0.1, 0.15) is 5.56 Å². The van der Waals surface area contributed by atoms with Gasteiger partial charge in [-0.1, -0.05) is 17.7 Å². The second-order valence-electron chi connectivity index (χ2n) is 4.12. The molecule has 1 heterocycles. The van der Waals surface area contributed by atoms with Crippen LogP contribution in [-0.2, 0) is 0 Å². The molecule has 0 saturated heterocycles. The number of halogens is 2. The lowest BCUT2D eigenvalue weighted by molar-refractivity contribution is 0.550. The first-order valence-electron chi connectivity index (χ1n) is 5.46. The van der Waals surface area contributed by atoms with Gasteiger partial charge in [-0.25, -0.2) is 13.8 Å². The van der Waals surface area contributed by atoms with Gasteiger partial charge in [0.15, 0.2) is 11.4 Å². The maximum absolute atomic E-state index is 13.5. The van der Waals surface area contributed by atoms with Gasteiger partial charge in [-0.2, -0.15) is 0 Å². The molecule has 0 atom stereocenters. The largest absolute Gasteiger partial charge is 0.433 e.